The van der Waals surface area contributed by atoms with Crippen molar-refractivity contribution >= 4 is 28.2 Å². The van der Waals surface area contributed by atoms with Crippen LogP contribution in [0.5, 0.6) is 0 Å². The second kappa shape index (κ2) is 8.08. The molecule has 1 fully saturated rings. The van der Waals surface area contributed by atoms with Crippen LogP contribution in [0.25, 0.3) is 27.5 Å². The Balaban J connectivity index is 1.53. The van der Waals surface area contributed by atoms with Crippen molar-refractivity contribution in [3.05, 3.63) is 54.1 Å². The molecule has 6 rings (SSSR count). The van der Waals surface area contributed by atoms with Crippen LogP contribution in [0, 0.1) is 0 Å². The molecule has 0 spiro atoms. The van der Waals surface area contributed by atoms with Gasteiger partial charge in [0, 0.05) is 55.8 Å². The van der Waals surface area contributed by atoms with Gasteiger partial charge >= 0.3 is 0 Å². The van der Waals surface area contributed by atoms with Crippen LogP contribution in [-0.4, -0.2) is 43.7 Å². The van der Waals surface area contributed by atoms with Crippen LogP contribution < -0.4 is 10.2 Å². The van der Waals surface area contributed by atoms with Gasteiger partial charge < -0.3 is 10.2 Å². The minimum absolute atomic E-state index is 0.115. The van der Waals surface area contributed by atoms with Gasteiger partial charge in [0.05, 0.1) is 27.6 Å². The largest absolute Gasteiger partial charge is 0.357 e. The SMILES string of the molecule is CC(=O)Nc1nc2c(s1)-c1c(c(-c3cccnc3)nn1-c1ccnc(N3CCCC3)c1)CC2. The molecule has 0 unspecified atom stereocenters. The van der Waals surface area contributed by atoms with Crippen LogP contribution in [0.15, 0.2) is 42.9 Å². The summed E-state index contributed by atoms with van der Waals surface area (Å²) in [6.45, 7) is 3.58. The fourth-order valence-electron chi connectivity index (χ4n) is 4.65. The molecule has 4 aromatic rings. The van der Waals surface area contributed by atoms with Crippen molar-refractivity contribution in [3.8, 4) is 27.5 Å². The Labute approximate surface area is 195 Å². The highest BCUT2D eigenvalue weighted by molar-refractivity contribution is 7.19. The number of nitrogens with one attached hydrogen (secondary N) is 1. The van der Waals surface area contributed by atoms with Crippen molar-refractivity contribution in [1.82, 2.24) is 24.7 Å². The Kier molecular flexibility index (Phi) is 4.91. The molecule has 1 amide bonds. The van der Waals surface area contributed by atoms with Crippen LogP contribution in [0.2, 0.25) is 0 Å². The first-order chi connectivity index (χ1) is 16.2. The quantitative estimate of drug-likeness (QED) is 0.496. The number of anilines is 2. The lowest BCUT2D eigenvalue weighted by Crippen LogP contribution is -2.19. The topological polar surface area (TPSA) is 88.8 Å². The molecular weight excluding hydrogens is 434 g/mol. The first-order valence-corrected chi connectivity index (χ1v) is 12.0. The van der Waals surface area contributed by atoms with E-state index in [1.165, 1.54) is 36.7 Å². The van der Waals surface area contributed by atoms with Gasteiger partial charge in [0.25, 0.3) is 0 Å². The van der Waals surface area contributed by atoms with Crippen LogP contribution in [0.1, 0.15) is 31.0 Å². The van der Waals surface area contributed by atoms with Crippen LogP contribution >= 0.6 is 11.3 Å². The van der Waals surface area contributed by atoms with Gasteiger partial charge in [0.1, 0.15) is 5.82 Å². The molecule has 9 heteroatoms. The number of rotatable bonds is 4. The molecule has 0 saturated carbocycles. The van der Waals surface area contributed by atoms with Gasteiger partial charge in [-0.05, 0) is 43.9 Å². The lowest BCUT2D eigenvalue weighted by atomic mass is 9.95. The zero-order valence-electron chi connectivity index (χ0n) is 18.3. The molecule has 1 saturated heterocycles. The molecule has 2 aliphatic rings. The first kappa shape index (κ1) is 20.0. The zero-order chi connectivity index (χ0) is 22.4. The molecule has 8 nitrogen and oxygen atoms in total. The summed E-state index contributed by atoms with van der Waals surface area (Å²) in [6, 6.07) is 8.11. The van der Waals surface area contributed by atoms with E-state index in [1.54, 1.807) is 6.20 Å². The molecule has 33 heavy (non-hydrogen) atoms. The minimum atomic E-state index is -0.115. The summed E-state index contributed by atoms with van der Waals surface area (Å²) >= 11 is 1.51. The molecule has 0 bridgehead atoms. The Morgan fingerprint density at radius 3 is 2.82 bits per heavy atom. The number of carbonyl (C=O) groups excluding carboxylic acids is 1. The maximum atomic E-state index is 11.6. The number of thiazole rings is 1. The molecule has 1 aliphatic carbocycles. The van der Waals surface area contributed by atoms with Gasteiger partial charge in [0.2, 0.25) is 5.91 Å². The molecule has 1 aliphatic heterocycles. The minimum Gasteiger partial charge on any atom is -0.357 e. The van der Waals surface area contributed by atoms with Gasteiger partial charge in [-0.3, -0.25) is 9.78 Å². The van der Waals surface area contributed by atoms with Crippen LogP contribution in [0.3, 0.4) is 0 Å². The van der Waals surface area contributed by atoms with E-state index in [0.717, 1.165) is 65.0 Å². The number of pyridine rings is 2. The lowest BCUT2D eigenvalue weighted by Gasteiger charge is -2.18. The molecular formula is C24H23N7OS. The van der Waals surface area contributed by atoms with Gasteiger partial charge in [-0.1, -0.05) is 11.3 Å². The summed E-state index contributed by atoms with van der Waals surface area (Å²) in [6.07, 6.45) is 9.54. The smallest absolute Gasteiger partial charge is 0.223 e. The number of aromatic nitrogens is 5. The third-order valence-corrected chi connectivity index (χ3v) is 7.15. The highest BCUT2D eigenvalue weighted by atomic mass is 32.1. The Morgan fingerprint density at radius 1 is 1.15 bits per heavy atom. The predicted molar refractivity (Wildman–Crippen MR) is 129 cm³/mol. The van der Waals surface area contributed by atoms with Crippen LogP contribution in [0.4, 0.5) is 10.9 Å². The maximum Gasteiger partial charge on any atom is 0.223 e. The lowest BCUT2D eigenvalue weighted by molar-refractivity contribution is -0.114. The average Bonchev–Trinajstić information content (AvgIpc) is 3.57. The number of nitrogens with zero attached hydrogens (tertiary/aromatic N) is 6. The zero-order valence-corrected chi connectivity index (χ0v) is 19.1. The molecule has 0 radical (unpaired) electrons. The third-order valence-electron chi connectivity index (χ3n) is 6.13. The highest BCUT2D eigenvalue weighted by Gasteiger charge is 2.30. The average molecular weight is 458 g/mol. The number of hydrogen-bond donors (Lipinski definition) is 1. The molecule has 166 valence electrons. The number of amides is 1. The van der Waals surface area contributed by atoms with Gasteiger partial charge in [-0.25, -0.2) is 14.6 Å². The number of aryl methyl sites for hydroxylation is 1. The Bertz CT molecular complexity index is 1340. The monoisotopic (exact) mass is 457 g/mol. The first-order valence-electron chi connectivity index (χ1n) is 11.2. The number of hydrogen-bond acceptors (Lipinski definition) is 7. The third kappa shape index (κ3) is 3.58. The number of fused-ring (bicyclic) bond motifs is 3. The van der Waals surface area contributed by atoms with Gasteiger partial charge in [-0.15, -0.1) is 0 Å². The molecule has 5 heterocycles. The van der Waals surface area contributed by atoms with E-state index in [-0.39, 0.29) is 5.91 Å². The second-order valence-corrected chi connectivity index (χ2v) is 9.37. The van der Waals surface area contributed by atoms with Crippen molar-refractivity contribution in [1.29, 1.82) is 0 Å². The van der Waals surface area contributed by atoms with Crippen molar-refractivity contribution in [3.63, 3.8) is 0 Å². The fourth-order valence-corrected chi connectivity index (χ4v) is 5.77. The van der Waals surface area contributed by atoms with Gasteiger partial charge in [-0.2, -0.15) is 5.10 Å². The fraction of sp³-hybridized carbons (Fsp3) is 0.292. The highest BCUT2D eigenvalue weighted by Crippen LogP contribution is 2.44. The summed E-state index contributed by atoms with van der Waals surface area (Å²) in [7, 11) is 0. The molecule has 1 N–H and O–H groups in total. The van der Waals surface area contributed by atoms with Gasteiger partial charge in [0.15, 0.2) is 5.13 Å². The predicted octanol–water partition coefficient (Wildman–Crippen LogP) is 4.11. The van der Waals surface area contributed by atoms with E-state index in [1.807, 2.05) is 35.3 Å². The Hall–Kier alpha value is -3.59. The van der Waals surface area contributed by atoms with E-state index >= 15 is 0 Å². The number of carbonyl (C=O) groups is 1. The van der Waals surface area contributed by atoms with E-state index in [0.29, 0.717) is 5.13 Å². The summed E-state index contributed by atoms with van der Waals surface area (Å²) in [5.41, 5.74) is 6.15. The Morgan fingerprint density at radius 2 is 2.03 bits per heavy atom. The van der Waals surface area contributed by atoms with Crippen molar-refractivity contribution < 1.29 is 4.79 Å². The molecule has 0 aromatic carbocycles. The summed E-state index contributed by atoms with van der Waals surface area (Å²) in [5, 5.41) is 8.57. The summed E-state index contributed by atoms with van der Waals surface area (Å²) in [4.78, 5) is 28.7. The molecule has 0 atom stereocenters. The summed E-state index contributed by atoms with van der Waals surface area (Å²) in [5.74, 6) is 0.867. The van der Waals surface area contributed by atoms with E-state index in [2.05, 4.69) is 26.3 Å². The second-order valence-electron chi connectivity index (χ2n) is 8.37. The standard InChI is InChI=1S/C24H23N7OS/c1-15(32)27-24-28-19-7-6-18-21(16-5-4-9-25-14-16)29-31(22(18)23(19)33-24)17-8-10-26-20(13-17)30-11-2-3-12-30/h4-5,8-10,13-14H,2-3,6-7,11-12H2,1H3,(H,27,28,32). The van der Waals surface area contributed by atoms with Crippen molar-refractivity contribution in [2.75, 3.05) is 23.3 Å². The van der Waals surface area contributed by atoms with Crippen molar-refractivity contribution in [2.45, 2.75) is 32.6 Å². The molecule has 4 aromatic heterocycles. The van der Waals surface area contributed by atoms with Crippen LogP contribution in [-0.2, 0) is 17.6 Å². The maximum absolute atomic E-state index is 11.6. The normalized spacial score (nSPS) is 14.8. The summed E-state index contributed by atoms with van der Waals surface area (Å²) < 4.78 is 2.02. The van der Waals surface area contributed by atoms with Crippen molar-refractivity contribution in [2.24, 2.45) is 0 Å². The van der Waals surface area contributed by atoms with E-state index in [9.17, 15) is 4.79 Å². The van der Waals surface area contributed by atoms with E-state index < -0.39 is 0 Å². The van der Waals surface area contributed by atoms with E-state index in [4.69, 9.17) is 10.1 Å².